The molecule has 0 aromatic carbocycles. The first kappa shape index (κ1) is 9.08. The largest absolute Gasteiger partial charge is 0.480 e. The van der Waals surface area contributed by atoms with Crippen molar-refractivity contribution in [2.24, 2.45) is 5.73 Å². The van der Waals surface area contributed by atoms with E-state index in [0.717, 1.165) is 18.4 Å². The standard InChI is InChI=1S/C9H11N3O2/c10-7(8(13)14)9(1-2-9)6-3-11-5-12-4-6/h3-5,7H,1-2,10H2,(H,13,14). The molecule has 1 fully saturated rings. The number of nitrogens with zero attached hydrogens (tertiary/aromatic N) is 2. The van der Waals surface area contributed by atoms with E-state index in [1.165, 1.54) is 6.33 Å². The number of aliphatic carboxylic acids is 1. The molecule has 1 atom stereocenters. The van der Waals surface area contributed by atoms with E-state index < -0.39 is 17.4 Å². The number of carbonyl (C=O) groups is 1. The average Bonchev–Trinajstić information content (AvgIpc) is 2.99. The van der Waals surface area contributed by atoms with Crippen molar-refractivity contribution in [2.75, 3.05) is 0 Å². The molecule has 0 radical (unpaired) electrons. The molecule has 0 saturated heterocycles. The van der Waals surface area contributed by atoms with Gasteiger partial charge in [0.25, 0.3) is 0 Å². The molecule has 1 aliphatic carbocycles. The zero-order valence-corrected chi connectivity index (χ0v) is 7.55. The number of nitrogens with two attached hydrogens (primary N) is 1. The van der Waals surface area contributed by atoms with Crippen LogP contribution >= 0.6 is 0 Å². The maximum Gasteiger partial charge on any atom is 0.321 e. The highest BCUT2D eigenvalue weighted by atomic mass is 16.4. The van der Waals surface area contributed by atoms with Crippen molar-refractivity contribution in [1.82, 2.24) is 9.97 Å². The van der Waals surface area contributed by atoms with Gasteiger partial charge < -0.3 is 10.8 Å². The third kappa shape index (κ3) is 1.26. The Labute approximate surface area is 81.0 Å². The Morgan fingerprint density at radius 3 is 2.50 bits per heavy atom. The van der Waals surface area contributed by atoms with Gasteiger partial charge in [-0.1, -0.05) is 0 Å². The van der Waals surface area contributed by atoms with E-state index in [-0.39, 0.29) is 0 Å². The van der Waals surface area contributed by atoms with E-state index in [2.05, 4.69) is 9.97 Å². The summed E-state index contributed by atoms with van der Waals surface area (Å²) in [6.07, 6.45) is 6.30. The van der Waals surface area contributed by atoms with Crippen LogP contribution in [-0.2, 0) is 10.2 Å². The van der Waals surface area contributed by atoms with Crippen LogP contribution in [0.1, 0.15) is 18.4 Å². The summed E-state index contributed by atoms with van der Waals surface area (Å²) in [5, 5.41) is 8.85. The molecule has 1 heterocycles. The molecule has 1 aromatic heterocycles. The molecule has 14 heavy (non-hydrogen) atoms. The molecule has 5 heteroatoms. The van der Waals surface area contributed by atoms with Crippen molar-refractivity contribution >= 4 is 5.97 Å². The summed E-state index contributed by atoms with van der Waals surface area (Å²) in [6, 6.07) is -0.853. The third-order valence-corrected chi connectivity index (χ3v) is 2.79. The minimum Gasteiger partial charge on any atom is -0.480 e. The molecule has 5 nitrogen and oxygen atoms in total. The second-order valence-corrected chi connectivity index (χ2v) is 3.60. The maximum absolute atomic E-state index is 10.8. The van der Waals surface area contributed by atoms with E-state index in [1.54, 1.807) is 12.4 Å². The van der Waals surface area contributed by atoms with Gasteiger partial charge in [-0.25, -0.2) is 9.97 Å². The van der Waals surface area contributed by atoms with Crippen LogP contribution in [0.4, 0.5) is 0 Å². The van der Waals surface area contributed by atoms with E-state index >= 15 is 0 Å². The number of carboxylic acids is 1. The topological polar surface area (TPSA) is 89.1 Å². The lowest BCUT2D eigenvalue weighted by Gasteiger charge is -2.18. The van der Waals surface area contributed by atoms with Crippen LogP contribution in [0.15, 0.2) is 18.7 Å². The third-order valence-electron chi connectivity index (χ3n) is 2.79. The summed E-state index contributed by atoms with van der Waals surface area (Å²) in [7, 11) is 0. The Bertz CT molecular complexity index is 348. The normalized spacial score (nSPS) is 20.1. The molecule has 0 amide bonds. The molecule has 74 valence electrons. The van der Waals surface area contributed by atoms with Crippen molar-refractivity contribution in [3.05, 3.63) is 24.3 Å². The summed E-state index contributed by atoms with van der Waals surface area (Å²) in [4.78, 5) is 18.5. The van der Waals surface area contributed by atoms with Crippen molar-refractivity contribution in [1.29, 1.82) is 0 Å². The van der Waals surface area contributed by atoms with Crippen molar-refractivity contribution in [3.8, 4) is 0 Å². The second kappa shape index (κ2) is 3.02. The van der Waals surface area contributed by atoms with Crippen molar-refractivity contribution in [3.63, 3.8) is 0 Å². The molecule has 0 spiro atoms. The Morgan fingerprint density at radius 1 is 1.50 bits per heavy atom. The maximum atomic E-state index is 10.8. The Kier molecular flexibility index (Phi) is 1.96. The van der Waals surface area contributed by atoms with Gasteiger partial charge in [-0.15, -0.1) is 0 Å². The Hall–Kier alpha value is -1.49. The molecule has 1 unspecified atom stereocenters. The van der Waals surface area contributed by atoms with Crippen LogP contribution in [0.25, 0.3) is 0 Å². The second-order valence-electron chi connectivity index (χ2n) is 3.60. The van der Waals surface area contributed by atoms with Gasteiger partial charge in [0.2, 0.25) is 0 Å². The Morgan fingerprint density at radius 2 is 2.07 bits per heavy atom. The zero-order chi connectivity index (χ0) is 10.2. The lowest BCUT2D eigenvalue weighted by Crippen LogP contribution is -2.42. The van der Waals surface area contributed by atoms with Gasteiger partial charge >= 0.3 is 5.97 Å². The molecule has 2 rings (SSSR count). The monoisotopic (exact) mass is 193 g/mol. The number of hydrogen-bond acceptors (Lipinski definition) is 4. The van der Waals surface area contributed by atoms with Crippen molar-refractivity contribution < 1.29 is 9.90 Å². The number of rotatable bonds is 3. The van der Waals surface area contributed by atoms with Gasteiger partial charge in [0.15, 0.2) is 0 Å². The molecule has 3 N–H and O–H groups in total. The highest BCUT2D eigenvalue weighted by Crippen LogP contribution is 2.49. The van der Waals surface area contributed by atoms with Crippen LogP contribution in [0, 0.1) is 0 Å². The Balaban J connectivity index is 2.30. The van der Waals surface area contributed by atoms with Gasteiger partial charge in [0.05, 0.1) is 0 Å². The summed E-state index contributed by atoms with van der Waals surface area (Å²) in [6.45, 7) is 0. The molecular formula is C9H11N3O2. The van der Waals surface area contributed by atoms with Crippen LogP contribution < -0.4 is 5.73 Å². The van der Waals surface area contributed by atoms with Crippen LogP contribution in [0.3, 0.4) is 0 Å². The van der Waals surface area contributed by atoms with E-state index in [4.69, 9.17) is 10.8 Å². The summed E-state index contributed by atoms with van der Waals surface area (Å²) in [5.74, 6) is -0.966. The first-order chi connectivity index (χ1) is 6.67. The quantitative estimate of drug-likeness (QED) is 0.700. The van der Waals surface area contributed by atoms with E-state index in [0.29, 0.717) is 0 Å². The van der Waals surface area contributed by atoms with Gasteiger partial charge in [-0.05, 0) is 18.4 Å². The number of aromatic nitrogens is 2. The fourth-order valence-corrected chi connectivity index (χ4v) is 1.71. The van der Waals surface area contributed by atoms with E-state index in [1.807, 2.05) is 0 Å². The van der Waals surface area contributed by atoms with Crippen LogP contribution in [-0.4, -0.2) is 27.1 Å². The molecule has 1 aromatic rings. The van der Waals surface area contributed by atoms with Gasteiger partial charge in [0, 0.05) is 17.8 Å². The highest BCUT2D eigenvalue weighted by molar-refractivity contribution is 5.76. The number of hydrogen-bond donors (Lipinski definition) is 2. The average molecular weight is 193 g/mol. The summed E-state index contributed by atoms with van der Waals surface area (Å²) >= 11 is 0. The first-order valence-corrected chi connectivity index (χ1v) is 4.41. The zero-order valence-electron chi connectivity index (χ0n) is 7.55. The van der Waals surface area contributed by atoms with Gasteiger partial charge in [-0.3, -0.25) is 4.79 Å². The minimum atomic E-state index is -0.966. The fourth-order valence-electron chi connectivity index (χ4n) is 1.71. The highest BCUT2D eigenvalue weighted by Gasteiger charge is 2.52. The SMILES string of the molecule is NC(C(=O)O)C1(c2cncnc2)CC1. The summed E-state index contributed by atoms with van der Waals surface area (Å²) in [5.41, 5.74) is 6.04. The minimum absolute atomic E-state index is 0.424. The molecular weight excluding hydrogens is 182 g/mol. The fraction of sp³-hybridized carbons (Fsp3) is 0.444. The lowest BCUT2D eigenvalue weighted by molar-refractivity contribution is -0.139. The van der Waals surface area contributed by atoms with Crippen LogP contribution in [0.5, 0.6) is 0 Å². The smallest absolute Gasteiger partial charge is 0.321 e. The van der Waals surface area contributed by atoms with Gasteiger partial charge in [0.1, 0.15) is 12.4 Å². The van der Waals surface area contributed by atoms with Crippen LogP contribution in [0.2, 0.25) is 0 Å². The molecule has 1 saturated carbocycles. The number of carboxylic acid groups (broad SMARTS) is 1. The predicted molar refractivity (Wildman–Crippen MR) is 48.6 cm³/mol. The van der Waals surface area contributed by atoms with E-state index in [9.17, 15) is 4.79 Å². The predicted octanol–water partition coefficient (Wildman–Crippen LogP) is -0.0799. The lowest BCUT2D eigenvalue weighted by atomic mass is 9.91. The molecule has 0 bridgehead atoms. The van der Waals surface area contributed by atoms with Crippen molar-refractivity contribution in [2.45, 2.75) is 24.3 Å². The first-order valence-electron chi connectivity index (χ1n) is 4.41. The summed E-state index contributed by atoms with van der Waals surface area (Å²) < 4.78 is 0. The van der Waals surface area contributed by atoms with Gasteiger partial charge in [-0.2, -0.15) is 0 Å². The molecule has 0 aliphatic heterocycles. The molecule has 1 aliphatic rings.